The van der Waals surface area contributed by atoms with Gasteiger partial charge in [-0.25, -0.2) is 0 Å². The van der Waals surface area contributed by atoms with Crippen LogP contribution >= 0.6 is 0 Å². The molecule has 0 heterocycles. The van der Waals surface area contributed by atoms with Crippen LogP contribution in [0.1, 0.15) is 65.2 Å². The second-order valence-electron chi connectivity index (χ2n) is 13.9. The molecular weight excluding hydrogens is 430 g/mol. The van der Waals surface area contributed by atoms with Crippen molar-refractivity contribution in [2.24, 2.45) is 39.7 Å². The lowest BCUT2D eigenvalue weighted by Crippen LogP contribution is -2.61. The maximum Gasteiger partial charge on any atom is 0.184 e. The number of oxime groups is 1. The summed E-state index contributed by atoms with van der Waals surface area (Å²) in [5.74, 6) is 2.96. The molecule has 6 heteroatoms. The molecule has 0 aliphatic heterocycles. The first-order valence-electron chi connectivity index (χ1n) is 13.2. The Hall–Kier alpha value is -0.176. The quantitative estimate of drug-likeness (QED) is 0.312. The number of hydrogen-bond acceptors (Lipinski definition) is 4. The minimum Gasteiger partial charge on any atom is -0.415 e. The van der Waals surface area contributed by atoms with Crippen LogP contribution in [0.3, 0.4) is 0 Å². The van der Waals surface area contributed by atoms with Gasteiger partial charge in [0.2, 0.25) is 0 Å². The maximum absolute atomic E-state index is 7.09. The van der Waals surface area contributed by atoms with Crippen LogP contribution in [0.2, 0.25) is 39.3 Å². The van der Waals surface area contributed by atoms with Crippen molar-refractivity contribution in [2.45, 2.75) is 117 Å². The van der Waals surface area contributed by atoms with E-state index in [-0.39, 0.29) is 5.41 Å². The van der Waals surface area contributed by atoms with Crippen molar-refractivity contribution >= 4 is 22.3 Å². The number of rotatable bonds is 5. The van der Waals surface area contributed by atoms with Gasteiger partial charge >= 0.3 is 0 Å². The summed E-state index contributed by atoms with van der Waals surface area (Å²) in [7, 11) is -1.45. The predicted octanol–water partition coefficient (Wildman–Crippen LogP) is 7.08. The van der Waals surface area contributed by atoms with Crippen molar-refractivity contribution in [3.8, 4) is 0 Å². The van der Waals surface area contributed by atoms with Crippen molar-refractivity contribution in [3.63, 3.8) is 0 Å². The summed E-state index contributed by atoms with van der Waals surface area (Å²) in [4.78, 5) is 5.31. The van der Waals surface area contributed by atoms with Gasteiger partial charge in [0.15, 0.2) is 16.6 Å². The standard InChI is InChI=1S/C26H49NO3Si2/c1-25-15-14-19(29-31(4,5)6)16-18(25)10-11-20-21-12-13-23(27-28-3)26(21,2)17-22(24(20)25)30-32(7,8)9/h18-22,24H,10-17H2,1-9H3/b27-23-/t18-,19+,20-,21-,22-,24+,25-,26-/m0/s1. The Bertz CT molecular complexity index is 730. The first-order valence-corrected chi connectivity index (χ1v) is 20.0. The van der Waals surface area contributed by atoms with E-state index in [1.165, 1.54) is 44.2 Å². The molecule has 8 atom stereocenters. The number of nitrogens with zero attached hydrogens (tertiary/aromatic N) is 1. The largest absolute Gasteiger partial charge is 0.415 e. The van der Waals surface area contributed by atoms with Crippen LogP contribution in [0.5, 0.6) is 0 Å². The molecule has 4 rings (SSSR count). The molecule has 4 fully saturated rings. The minimum atomic E-state index is -1.66. The Balaban J connectivity index is 1.65. The zero-order valence-corrected chi connectivity index (χ0v) is 24.3. The van der Waals surface area contributed by atoms with Gasteiger partial charge in [0.05, 0.1) is 5.71 Å². The van der Waals surface area contributed by atoms with Crippen LogP contribution in [-0.2, 0) is 13.7 Å². The van der Waals surface area contributed by atoms with Gasteiger partial charge in [0, 0.05) is 17.6 Å². The van der Waals surface area contributed by atoms with Crippen molar-refractivity contribution in [2.75, 3.05) is 7.11 Å². The molecule has 4 saturated carbocycles. The van der Waals surface area contributed by atoms with Crippen molar-refractivity contribution in [1.29, 1.82) is 0 Å². The Kier molecular flexibility index (Phi) is 6.62. The zero-order valence-electron chi connectivity index (χ0n) is 22.3. The van der Waals surface area contributed by atoms with Gasteiger partial charge in [-0.2, -0.15) is 0 Å². The molecule has 184 valence electrons. The lowest BCUT2D eigenvalue weighted by Gasteiger charge is -2.63. The highest BCUT2D eigenvalue weighted by Gasteiger charge is 2.63. The molecule has 0 aromatic heterocycles. The van der Waals surface area contributed by atoms with Gasteiger partial charge in [-0.05, 0) is 120 Å². The van der Waals surface area contributed by atoms with E-state index >= 15 is 0 Å². The molecule has 0 spiro atoms. The molecule has 4 nitrogen and oxygen atoms in total. The van der Waals surface area contributed by atoms with Crippen LogP contribution in [0, 0.1) is 34.5 Å². The second kappa shape index (κ2) is 8.49. The summed E-state index contributed by atoms with van der Waals surface area (Å²) < 4.78 is 13.7. The first kappa shape index (κ1) is 24.9. The smallest absolute Gasteiger partial charge is 0.184 e. The van der Waals surface area contributed by atoms with Crippen molar-refractivity contribution < 1.29 is 13.7 Å². The Labute approximate surface area is 199 Å². The highest BCUT2D eigenvalue weighted by Crippen LogP contribution is 2.66. The lowest BCUT2D eigenvalue weighted by atomic mass is 9.44. The summed E-state index contributed by atoms with van der Waals surface area (Å²) >= 11 is 0. The summed E-state index contributed by atoms with van der Waals surface area (Å²) in [5.41, 5.74) is 1.82. The fraction of sp³-hybridized carbons (Fsp3) is 0.962. The summed E-state index contributed by atoms with van der Waals surface area (Å²) in [6, 6.07) is 0. The Morgan fingerprint density at radius 1 is 0.906 bits per heavy atom. The molecule has 0 N–H and O–H groups in total. The lowest BCUT2D eigenvalue weighted by molar-refractivity contribution is -0.157. The average molecular weight is 480 g/mol. The van der Waals surface area contributed by atoms with E-state index < -0.39 is 16.6 Å². The molecule has 0 radical (unpaired) electrons. The van der Waals surface area contributed by atoms with E-state index in [2.05, 4.69) is 58.3 Å². The van der Waals surface area contributed by atoms with Crippen LogP contribution in [0.4, 0.5) is 0 Å². The average Bonchev–Trinajstić information content (AvgIpc) is 2.95. The van der Waals surface area contributed by atoms with Crippen LogP contribution in [0.25, 0.3) is 0 Å². The molecule has 0 aromatic carbocycles. The molecule has 4 aliphatic carbocycles. The Morgan fingerprint density at radius 2 is 1.59 bits per heavy atom. The van der Waals surface area contributed by atoms with Crippen LogP contribution in [0.15, 0.2) is 5.16 Å². The Morgan fingerprint density at radius 3 is 2.22 bits per heavy atom. The SMILES string of the molecule is CO/N=C1/CC[C@H]2[C@@H]3CC[C@H]4C[C@H](O[Si](C)(C)C)CC[C@]4(C)[C@H]3[C@@H](O[Si](C)(C)C)C[C@]12C. The third kappa shape index (κ3) is 4.55. The highest BCUT2D eigenvalue weighted by molar-refractivity contribution is 6.70. The predicted molar refractivity (Wildman–Crippen MR) is 138 cm³/mol. The van der Waals surface area contributed by atoms with E-state index in [0.29, 0.717) is 23.5 Å². The van der Waals surface area contributed by atoms with Gasteiger partial charge < -0.3 is 13.7 Å². The minimum absolute atomic E-state index is 0.142. The third-order valence-corrected chi connectivity index (χ3v) is 11.5. The molecule has 0 unspecified atom stereocenters. The van der Waals surface area contributed by atoms with Crippen LogP contribution in [-0.4, -0.2) is 41.7 Å². The summed E-state index contributed by atoms with van der Waals surface area (Å²) in [5, 5.41) is 4.55. The second-order valence-corrected chi connectivity index (χ2v) is 22.8. The molecule has 0 saturated heterocycles. The fourth-order valence-corrected chi connectivity index (χ4v) is 10.9. The highest BCUT2D eigenvalue weighted by atomic mass is 28.4. The normalized spacial score (nSPS) is 45.8. The first-order chi connectivity index (χ1) is 14.8. The number of hydrogen-bond donors (Lipinski definition) is 0. The van der Waals surface area contributed by atoms with E-state index in [0.717, 1.165) is 30.6 Å². The van der Waals surface area contributed by atoms with Gasteiger partial charge in [0.25, 0.3) is 0 Å². The van der Waals surface area contributed by atoms with Gasteiger partial charge in [-0.15, -0.1) is 0 Å². The maximum atomic E-state index is 7.09. The monoisotopic (exact) mass is 479 g/mol. The molecule has 4 aliphatic rings. The molecular formula is C26H49NO3Si2. The van der Waals surface area contributed by atoms with Gasteiger partial charge in [-0.1, -0.05) is 19.0 Å². The van der Waals surface area contributed by atoms with E-state index in [1.807, 2.05) is 0 Å². The van der Waals surface area contributed by atoms with Crippen molar-refractivity contribution in [1.82, 2.24) is 0 Å². The summed E-state index contributed by atoms with van der Waals surface area (Å²) in [6.45, 7) is 19.3. The summed E-state index contributed by atoms with van der Waals surface area (Å²) in [6.07, 6.45) is 10.9. The third-order valence-electron chi connectivity index (χ3n) is 9.50. The van der Waals surface area contributed by atoms with E-state index in [9.17, 15) is 0 Å². The molecule has 0 bridgehead atoms. The zero-order chi connectivity index (χ0) is 23.5. The molecule has 0 amide bonds. The molecule has 0 aromatic rings. The fourth-order valence-electron chi connectivity index (χ4n) is 8.53. The van der Waals surface area contributed by atoms with E-state index in [4.69, 9.17) is 13.7 Å². The van der Waals surface area contributed by atoms with E-state index in [1.54, 1.807) is 7.11 Å². The van der Waals surface area contributed by atoms with Crippen molar-refractivity contribution in [3.05, 3.63) is 0 Å². The van der Waals surface area contributed by atoms with Gasteiger partial charge in [0.1, 0.15) is 7.11 Å². The number of fused-ring (bicyclic) bond motifs is 5. The topological polar surface area (TPSA) is 40.0 Å². The molecule has 32 heavy (non-hydrogen) atoms. The van der Waals surface area contributed by atoms with Crippen LogP contribution < -0.4 is 0 Å². The van der Waals surface area contributed by atoms with Gasteiger partial charge in [-0.3, -0.25) is 0 Å².